The van der Waals surface area contributed by atoms with Gasteiger partial charge in [0, 0.05) is 19.2 Å². The first-order chi connectivity index (χ1) is 8.70. The molecule has 5 nitrogen and oxygen atoms in total. The van der Waals surface area contributed by atoms with E-state index in [9.17, 15) is 10.1 Å². The number of benzene rings is 1. The molecule has 1 aliphatic rings. The number of rotatable bonds is 7. The standard InChI is InChI=1S/C13H18N2O3/c1-2-14-12-6-5-11(7-13(12)15(16)17)9-18-8-10-3-4-10/h5-7,10,14H,2-4,8-9H2,1H3. The van der Waals surface area contributed by atoms with E-state index in [-0.39, 0.29) is 10.6 Å². The minimum absolute atomic E-state index is 0.115. The molecular formula is C13H18N2O3. The van der Waals surface area contributed by atoms with Crippen molar-refractivity contribution in [3.63, 3.8) is 0 Å². The number of ether oxygens (including phenoxy) is 1. The average molecular weight is 250 g/mol. The van der Waals surface area contributed by atoms with Crippen molar-refractivity contribution in [1.82, 2.24) is 0 Å². The second-order valence-electron chi connectivity index (χ2n) is 4.60. The van der Waals surface area contributed by atoms with E-state index in [1.807, 2.05) is 13.0 Å². The zero-order chi connectivity index (χ0) is 13.0. The van der Waals surface area contributed by atoms with Gasteiger partial charge in [-0.2, -0.15) is 0 Å². The zero-order valence-electron chi connectivity index (χ0n) is 10.5. The Bertz CT molecular complexity index is 430. The van der Waals surface area contributed by atoms with Crippen LogP contribution in [-0.2, 0) is 11.3 Å². The fourth-order valence-electron chi connectivity index (χ4n) is 1.79. The highest BCUT2D eigenvalue weighted by Crippen LogP contribution is 2.30. The van der Waals surface area contributed by atoms with E-state index in [1.165, 1.54) is 12.8 Å². The lowest BCUT2D eigenvalue weighted by Crippen LogP contribution is -2.03. The van der Waals surface area contributed by atoms with E-state index in [2.05, 4.69) is 5.32 Å². The quantitative estimate of drug-likeness (QED) is 0.597. The normalized spacial score (nSPS) is 14.5. The average Bonchev–Trinajstić information content (AvgIpc) is 3.15. The Kier molecular flexibility index (Phi) is 4.15. The van der Waals surface area contributed by atoms with Crippen LogP contribution in [0.4, 0.5) is 11.4 Å². The molecule has 5 heteroatoms. The molecule has 0 aromatic heterocycles. The minimum atomic E-state index is -0.359. The molecule has 1 fully saturated rings. The molecule has 2 rings (SSSR count). The zero-order valence-corrected chi connectivity index (χ0v) is 10.5. The van der Waals surface area contributed by atoms with Crippen molar-refractivity contribution in [1.29, 1.82) is 0 Å². The molecule has 1 aromatic carbocycles. The summed E-state index contributed by atoms with van der Waals surface area (Å²) in [6.07, 6.45) is 2.50. The number of hydrogen-bond donors (Lipinski definition) is 1. The van der Waals surface area contributed by atoms with Crippen LogP contribution in [-0.4, -0.2) is 18.1 Å². The lowest BCUT2D eigenvalue weighted by Gasteiger charge is -2.07. The summed E-state index contributed by atoms with van der Waals surface area (Å²) in [6, 6.07) is 5.21. The van der Waals surface area contributed by atoms with Gasteiger partial charge in [-0.25, -0.2) is 0 Å². The summed E-state index contributed by atoms with van der Waals surface area (Å²) < 4.78 is 5.54. The van der Waals surface area contributed by atoms with Crippen molar-refractivity contribution in [3.8, 4) is 0 Å². The SMILES string of the molecule is CCNc1ccc(COCC2CC2)cc1[N+](=O)[O-]. The number of nitrogens with one attached hydrogen (secondary N) is 1. The van der Waals surface area contributed by atoms with Crippen molar-refractivity contribution in [2.75, 3.05) is 18.5 Å². The number of nitro benzene ring substituents is 1. The van der Waals surface area contributed by atoms with Gasteiger partial charge in [-0.15, -0.1) is 0 Å². The van der Waals surface area contributed by atoms with Crippen LogP contribution in [0, 0.1) is 16.0 Å². The Morgan fingerprint density at radius 2 is 2.28 bits per heavy atom. The van der Waals surface area contributed by atoms with Gasteiger partial charge in [-0.05, 0) is 37.3 Å². The summed E-state index contributed by atoms with van der Waals surface area (Å²) in [7, 11) is 0. The van der Waals surface area contributed by atoms with Crippen LogP contribution in [0.2, 0.25) is 0 Å². The summed E-state index contributed by atoms with van der Waals surface area (Å²) in [5, 5.41) is 14.0. The highest BCUT2D eigenvalue weighted by Gasteiger charge is 2.21. The number of anilines is 1. The monoisotopic (exact) mass is 250 g/mol. The smallest absolute Gasteiger partial charge is 0.292 e. The number of hydrogen-bond acceptors (Lipinski definition) is 4. The van der Waals surface area contributed by atoms with Gasteiger partial charge in [0.05, 0.1) is 11.5 Å². The predicted octanol–water partition coefficient (Wildman–Crippen LogP) is 2.95. The maximum Gasteiger partial charge on any atom is 0.292 e. The molecule has 0 spiro atoms. The predicted molar refractivity (Wildman–Crippen MR) is 69.6 cm³/mol. The molecule has 1 aromatic rings. The summed E-state index contributed by atoms with van der Waals surface area (Å²) in [4.78, 5) is 10.6. The van der Waals surface area contributed by atoms with Gasteiger partial charge in [-0.1, -0.05) is 6.07 Å². The fourth-order valence-corrected chi connectivity index (χ4v) is 1.79. The van der Waals surface area contributed by atoms with Crippen molar-refractivity contribution in [3.05, 3.63) is 33.9 Å². The Morgan fingerprint density at radius 3 is 2.89 bits per heavy atom. The third-order valence-corrected chi connectivity index (χ3v) is 2.95. The lowest BCUT2D eigenvalue weighted by atomic mass is 10.2. The second-order valence-corrected chi connectivity index (χ2v) is 4.60. The van der Waals surface area contributed by atoms with E-state index in [4.69, 9.17) is 4.74 Å². The summed E-state index contributed by atoms with van der Waals surface area (Å²) >= 11 is 0. The largest absolute Gasteiger partial charge is 0.380 e. The van der Waals surface area contributed by atoms with Crippen LogP contribution < -0.4 is 5.32 Å². The van der Waals surface area contributed by atoms with Crippen LogP contribution in [0.15, 0.2) is 18.2 Å². The molecule has 0 amide bonds. The van der Waals surface area contributed by atoms with E-state index < -0.39 is 0 Å². The second kappa shape index (κ2) is 5.82. The van der Waals surface area contributed by atoms with Gasteiger partial charge in [-0.3, -0.25) is 10.1 Å². The Hall–Kier alpha value is -1.62. The minimum Gasteiger partial charge on any atom is -0.380 e. The Morgan fingerprint density at radius 1 is 1.50 bits per heavy atom. The first kappa shape index (κ1) is 12.8. The van der Waals surface area contributed by atoms with E-state index >= 15 is 0 Å². The first-order valence-corrected chi connectivity index (χ1v) is 6.29. The summed E-state index contributed by atoms with van der Waals surface area (Å²) in [6.45, 7) is 3.79. The molecule has 0 bridgehead atoms. The van der Waals surface area contributed by atoms with Crippen LogP contribution in [0.3, 0.4) is 0 Å². The molecule has 1 aliphatic carbocycles. The van der Waals surface area contributed by atoms with Gasteiger partial charge in [0.2, 0.25) is 0 Å². The first-order valence-electron chi connectivity index (χ1n) is 6.29. The van der Waals surface area contributed by atoms with Crippen molar-refractivity contribution < 1.29 is 9.66 Å². The maximum atomic E-state index is 11.0. The van der Waals surface area contributed by atoms with Gasteiger partial charge in [0.25, 0.3) is 5.69 Å². The van der Waals surface area contributed by atoms with Crippen LogP contribution in [0.5, 0.6) is 0 Å². The Labute approximate surface area is 106 Å². The molecule has 0 unspecified atom stereocenters. The number of nitrogens with zero attached hydrogens (tertiary/aromatic N) is 1. The van der Waals surface area contributed by atoms with Crippen molar-refractivity contribution >= 4 is 11.4 Å². The van der Waals surface area contributed by atoms with E-state index in [0.717, 1.165) is 12.2 Å². The molecule has 0 heterocycles. The van der Waals surface area contributed by atoms with Crippen LogP contribution >= 0.6 is 0 Å². The van der Waals surface area contributed by atoms with Crippen molar-refractivity contribution in [2.45, 2.75) is 26.4 Å². The third-order valence-electron chi connectivity index (χ3n) is 2.95. The molecule has 0 radical (unpaired) electrons. The van der Waals surface area contributed by atoms with Crippen molar-refractivity contribution in [2.24, 2.45) is 5.92 Å². The van der Waals surface area contributed by atoms with Crippen LogP contribution in [0.1, 0.15) is 25.3 Å². The molecule has 0 saturated heterocycles. The van der Waals surface area contributed by atoms with Crippen LogP contribution in [0.25, 0.3) is 0 Å². The highest BCUT2D eigenvalue weighted by atomic mass is 16.6. The molecule has 0 atom stereocenters. The number of nitro groups is 1. The van der Waals surface area contributed by atoms with E-state index in [1.54, 1.807) is 12.1 Å². The molecule has 1 saturated carbocycles. The van der Waals surface area contributed by atoms with Gasteiger partial charge < -0.3 is 10.1 Å². The van der Waals surface area contributed by atoms with Gasteiger partial charge in [0.1, 0.15) is 5.69 Å². The van der Waals surface area contributed by atoms with E-state index in [0.29, 0.717) is 24.8 Å². The Balaban J connectivity index is 2.01. The maximum absolute atomic E-state index is 11.0. The summed E-state index contributed by atoms with van der Waals surface area (Å²) in [5.41, 5.74) is 1.53. The topological polar surface area (TPSA) is 64.4 Å². The highest BCUT2D eigenvalue weighted by molar-refractivity contribution is 5.62. The van der Waals surface area contributed by atoms with Gasteiger partial charge in [0.15, 0.2) is 0 Å². The summed E-state index contributed by atoms with van der Waals surface area (Å²) in [5.74, 6) is 0.709. The third kappa shape index (κ3) is 3.43. The molecule has 18 heavy (non-hydrogen) atoms. The lowest BCUT2D eigenvalue weighted by molar-refractivity contribution is -0.384. The molecule has 98 valence electrons. The molecule has 0 aliphatic heterocycles. The molecular weight excluding hydrogens is 232 g/mol. The van der Waals surface area contributed by atoms with Gasteiger partial charge >= 0.3 is 0 Å². The molecule has 1 N–H and O–H groups in total. The fraction of sp³-hybridized carbons (Fsp3) is 0.538.